The Balaban J connectivity index is 1.40. The fraction of sp³-hybridized carbons (Fsp3) is 0.500. The number of anilines is 1. The normalized spacial score (nSPS) is 16.2. The summed E-state index contributed by atoms with van der Waals surface area (Å²) in [5, 5.41) is 8.76. The lowest BCUT2D eigenvalue weighted by Crippen LogP contribution is -2.53. The number of ether oxygens (including phenoxy) is 1. The van der Waals surface area contributed by atoms with Gasteiger partial charge in [-0.15, -0.1) is 0 Å². The molecule has 1 heterocycles. The molecule has 1 aliphatic rings. The van der Waals surface area contributed by atoms with E-state index in [0.29, 0.717) is 36.2 Å². The summed E-state index contributed by atoms with van der Waals surface area (Å²) in [5.41, 5.74) is 2.86. The van der Waals surface area contributed by atoms with Crippen LogP contribution in [0.25, 0.3) is 0 Å². The van der Waals surface area contributed by atoms with Crippen molar-refractivity contribution in [3.8, 4) is 0 Å². The fourth-order valence-electron chi connectivity index (χ4n) is 6.43. The van der Waals surface area contributed by atoms with Gasteiger partial charge < -0.3 is 25.1 Å². The minimum atomic E-state index is -3.43. The zero-order valence-corrected chi connectivity index (χ0v) is 37.3. The average molecular weight is 835 g/mol. The monoisotopic (exact) mass is 834 g/mol. The highest BCUT2D eigenvalue weighted by Gasteiger charge is 2.42. The molecule has 3 aromatic rings. The molecule has 0 unspecified atom stereocenters. The van der Waals surface area contributed by atoms with E-state index in [4.69, 9.17) is 9.16 Å². The number of amides is 3. The Morgan fingerprint density at radius 3 is 2.09 bits per heavy atom. The maximum absolute atomic E-state index is 13.9. The van der Waals surface area contributed by atoms with Gasteiger partial charge in [-0.25, -0.2) is 13.2 Å². The molecule has 3 aromatic carbocycles. The third-order valence-corrected chi connectivity index (χ3v) is 17.3. The van der Waals surface area contributed by atoms with Crippen LogP contribution in [0, 0.1) is 11.8 Å². The first-order valence-electron chi connectivity index (χ1n) is 20.1. The summed E-state index contributed by atoms with van der Waals surface area (Å²) in [6.45, 7) is 19.0. The van der Waals surface area contributed by atoms with Crippen molar-refractivity contribution in [2.24, 2.45) is 11.8 Å². The lowest BCUT2D eigenvalue weighted by Gasteiger charge is -2.42. The number of carbonyl (C=O) groups is 4. The smallest absolute Gasteiger partial charge is 0.338 e. The molecule has 14 heteroatoms. The molecular formula is C44H62N4O8SSi. The minimum Gasteiger partial charge on any atom is -0.457 e. The summed E-state index contributed by atoms with van der Waals surface area (Å²) in [6.07, 6.45) is 0.866. The SMILES string of the molecule is CC(C)C[C@H](NC(=O)c1cccc(N2CCCS2(=O)=O)c1)[C@H](C[C@@H](C)C(=O)N[C@@H](C)C(=O)NCc1ccc(C(=O)OCc2ccccc2)cc1)O[Si](C)(C)C(C)(C)C. The highest BCUT2D eigenvalue weighted by Crippen LogP contribution is 2.39. The quantitative estimate of drug-likeness (QED) is 0.0916. The molecule has 1 fully saturated rings. The molecule has 0 saturated carbocycles. The first-order valence-corrected chi connectivity index (χ1v) is 24.7. The van der Waals surface area contributed by atoms with Crippen LogP contribution in [-0.2, 0) is 41.9 Å². The summed E-state index contributed by atoms with van der Waals surface area (Å²) in [4.78, 5) is 53.2. The van der Waals surface area contributed by atoms with E-state index >= 15 is 0 Å². The molecule has 0 aromatic heterocycles. The van der Waals surface area contributed by atoms with Crippen LogP contribution in [0.5, 0.6) is 0 Å². The van der Waals surface area contributed by atoms with E-state index in [2.05, 4.69) is 63.7 Å². The molecule has 3 amide bonds. The first-order chi connectivity index (χ1) is 27.2. The van der Waals surface area contributed by atoms with E-state index < -0.39 is 48.4 Å². The van der Waals surface area contributed by atoms with Crippen molar-refractivity contribution in [3.05, 3.63) is 101 Å². The maximum atomic E-state index is 13.9. The number of hydrogen-bond acceptors (Lipinski definition) is 8. The molecule has 3 N–H and O–H groups in total. The van der Waals surface area contributed by atoms with Crippen LogP contribution >= 0.6 is 0 Å². The summed E-state index contributed by atoms with van der Waals surface area (Å²) in [7, 11) is -5.85. The van der Waals surface area contributed by atoms with Gasteiger partial charge in [-0.1, -0.05) is 90.1 Å². The minimum absolute atomic E-state index is 0.0764. The standard InChI is InChI=1S/C44H62N4O8SSi/c1-30(2)25-38(47-42(51)36-17-13-18-37(27-36)48-23-14-24-57(48,53)54)39(56-58(8,9)44(5,6)7)26-31(3)40(49)46-32(4)41(50)45-28-33-19-21-35(22-20-33)43(52)55-29-34-15-11-10-12-16-34/h10-13,15-22,27,30-32,38-39H,14,23-26,28-29H2,1-9H3,(H,45,50)(H,46,49)(H,47,51)/t31-,32+,38+,39+/m1/s1. The van der Waals surface area contributed by atoms with Crippen LogP contribution in [0.3, 0.4) is 0 Å². The maximum Gasteiger partial charge on any atom is 0.338 e. The molecular weight excluding hydrogens is 773 g/mol. The van der Waals surface area contributed by atoms with E-state index in [9.17, 15) is 27.6 Å². The topological polar surface area (TPSA) is 160 Å². The highest BCUT2D eigenvalue weighted by molar-refractivity contribution is 7.93. The Bertz CT molecular complexity index is 1980. The van der Waals surface area contributed by atoms with Crippen LogP contribution in [0.2, 0.25) is 18.1 Å². The first kappa shape index (κ1) is 46.2. The summed E-state index contributed by atoms with van der Waals surface area (Å²) in [5.74, 6) is -1.81. The zero-order chi connectivity index (χ0) is 42.8. The van der Waals surface area contributed by atoms with Gasteiger partial charge in [0.2, 0.25) is 21.8 Å². The van der Waals surface area contributed by atoms with Gasteiger partial charge in [-0.3, -0.25) is 18.7 Å². The van der Waals surface area contributed by atoms with Crippen molar-refractivity contribution >= 4 is 47.7 Å². The summed E-state index contributed by atoms with van der Waals surface area (Å²) >= 11 is 0. The van der Waals surface area contributed by atoms with Crippen molar-refractivity contribution < 1.29 is 36.8 Å². The molecule has 0 spiro atoms. The predicted molar refractivity (Wildman–Crippen MR) is 230 cm³/mol. The van der Waals surface area contributed by atoms with Gasteiger partial charge in [-0.05, 0) is 91.7 Å². The van der Waals surface area contributed by atoms with Gasteiger partial charge in [-0.2, -0.15) is 0 Å². The van der Waals surface area contributed by atoms with Gasteiger partial charge in [0.1, 0.15) is 12.6 Å². The molecule has 58 heavy (non-hydrogen) atoms. The number of nitrogens with one attached hydrogen (secondary N) is 3. The summed E-state index contributed by atoms with van der Waals surface area (Å²) in [6, 6.07) is 21.6. The molecule has 0 bridgehead atoms. The number of carbonyl (C=O) groups excluding carboxylic acids is 4. The van der Waals surface area contributed by atoms with Crippen molar-refractivity contribution in [2.75, 3.05) is 16.6 Å². The lowest BCUT2D eigenvalue weighted by atomic mass is 9.92. The van der Waals surface area contributed by atoms with Crippen LogP contribution in [0.4, 0.5) is 5.69 Å². The zero-order valence-electron chi connectivity index (χ0n) is 35.5. The van der Waals surface area contributed by atoms with Crippen LogP contribution in [-0.4, -0.2) is 70.9 Å². The lowest BCUT2D eigenvalue weighted by molar-refractivity contribution is -0.131. The number of benzene rings is 3. The molecule has 4 rings (SSSR count). The molecule has 0 aliphatic carbocycles. The average Bonchev–Trinajstić information content (AvgIpc) is 3.53. The molecule has 1 aliphatic heterocycles. The van der Waals surface area contributed by atoms with Gasteiger partial charge in [0, 0.05) is 24.6 Å². The Morgan fingerprint density at radius 2 is 1.48 bits per heavy atom. The second-order valence-corrected chi connectivity index (χ2v) is 24.0. The Hall–Kier alpha value is -4.53. The molecule has 4 atom stereocenters. The van der Waals surface area contributed by atoms with Crippen LogP contribution < -0.4 is 20.3 Å². The highest BCUT2D eigenvalue weighted by atomic mass is 32.2. The number of hydrogen-bond donors (Lipinski definition) is 3. The second-order valence-electron chi connectivity index (χ2n) is 17.3. The van der Waals surface area contributed by atoms with Crippen molar-refractivity contribution in [1.82, 2.24) is 16.0 Å². The number of sulfonamides is 1. The van der Waals surface area contributed by atoms with Crippen LogP contribution in [0.1, 0.15) is 99.6 Å². The third-order valence-electron chi connectivity index (χ3n) is 10.9. The third kappa shape index (κ3) is 13.0. The number of rotatable bonds is 18. The molecule has 316 valence electrons. The van der Waals surface area contributed by atoms with Gasteiger partial charge >= 0.3 is 5.97 Å². The Morgan fingerprint density at radius 1 is 0.810 bits per heavy atom. The van der Waals surface area contributed by atoms with Gasteiger partial charge in [0.25, 0.3) is 5.91 Å². The van der Waals surface area contributed by atoms with E-state index in [1.807, 2.05) is 30.3 Å². The van der Waals surface area contributed by atoms with Gasteiger partial charge in [0.05, 0.1) is 29.1 Å². The molecule has 12 nitrogen and oxygen atoms in total. The molecule has 0 radical (unpaired) electrons. The summed E-state index contributed by atoms with van der Waals surface area (Å²) < 4.78 is 39.0. The largest absolute Gasteiger partial charge is 0.457 e. The van der Waals surface area contributed by atoms with Crippen LogP contribution in [0.15, 0.2) is 78.9 Å². The number of esters is 1. The van der Waals surface area contributed by atoms with Gasteiger partial charge in [0.15, 0.2) is 8.32 Å². The fourth-order valence-corrected chi connectivity index (χ4v) is 9.36. The van der Waals surface area contributed by atoms with Crippen molar-refractivity contribution in [1.29, 1.82) is 0 Å². The second kappa shape index (κ2) is 19.9. The Kier molecular flexibility index (Phi) is 15.9. The molecule has 1 saturated heterocycles. The van der Waals surface area contributed by atoms with Crippen molar-refractivity contribution in [2.45, 2.75) is 117 Å². The number of nitrogens with zero attached hydrogens (tertiary/aromatic N) is 1. The predicted octanol–water partition coefficient (Wildman–Crippen LogP) is 6.97. The van der Waals surface area contributed by atoms with E-state index in [-0.39, 0.29) is 54.0 Å². The van der Waals surface area contributed by atoms with E-state index in [0.717, 1.165) is 11.1 Å². The van der Waals surface area contributed by atoms with E-state index in [1.165, 1.54) is 4.31 Å². The van der Waals surface area contributed by atoms with E-state index in [1.54, 1.807) is 62.4 Å². The Labute approximate surface area is 346 Å². The van der Waals surface area contributed by atoms with Crippen molar-refractivity contribution in [3.63, 3.8) is 0 Å².